The number of amides is 2. The molecule has 0 bridgehead atoms. The number of nitrogens with one attached hydrogen (secondary N) is 2. The van der Waals surface area contributed by atoms with E-state index in [1.807, 2.05) is 41.8 Å². The first-order valence-corrected chi connectivity index (χ1v) is 10.8. The highest BCUT2D eigenvalue weighted by Gasteiger charge is 2.26. The van der Waals surface area contributed by atoms with Gasteiger partial charge in [0.05, 0.1) is 0 Å². The Kier molecular flexibility index (Phi) is 7.49. The van der Waals surface area contributed by atoms with Crippen LogP contribution in [0.25, 0.3) is 0 Å². The summed E-state index contributed by atoms with van der Waals surface area (Å²) in [5, 5.41) is 6.70. The molecule has 2 N–H and O–H groups in total. The van der Waals surface area contributed by atoms with Crippen molar-refractivity contribution in [1.82, 2.24) is 15.5 Å². The van der Waals surface area contributed by atoms with Crippen molar-refractivity contribution in [3.8, 4) is 0 Å². The average molecular weight is 400 g/mol. The molecule has 1 aromatic rings. The van der Waals surface area contributed by atoms with E-state index in [0.29, 0.717) is 19.4 Å². The molecule has 1 unspecified atom stereocenters. The number of fused-ring (bicyclic) bond motifs is 1. The lowest BCUT2D eigenvalue weighted by molar-refractivity contribution is -0.129. The third-order valence-corrected chi connectivity index (χ3v) is 5.54. The second-order valence-electron chi connectivity index (χ2n) is 7.61. The number of likely N-dealkylation sites (tertiary alicyclic amines) is 1. The van der Waals surface area contributed by atoms with Crippen molar-refractivity contribution in [1.29, 1.82) is 0 Å². The van der Waals surface area contributed by atoms with Gasteiger partial charge in [-0.15, -0.1) is 0 Å². The normalized spacial score (nSPS) is 18.7. The second kappa shape index (κ2) is 10.3. The van der Waals surface area contributed by atoms with Gasteiger partial charge >= 0.3 is 0 Å². The number of hydrogen-bond acceptors (Lipinski definition) is 3. The largest absolute Gasteiger partial charge is 0.357 e. The van der Waals surface area contributed by atoms with E-state index >= 15 is 0 Å². The minimum Gasteiger partial charge on any atom is -0.357 e. The van der Waals surface area contributed by atoms with E-state index in [2.05, 4.69) is 21.7 Å². The maximum absolute atomic E-state index is 12.6. The molecule has 0 spiro atoms. The molecule has 1 aromatic carbocycles. The Balaban J connectivity index is 1.45. The first-order chi connectivity index (χ1) is 14.1. The Morgan fingerprint density at radius 2 is 2.00 bits per heavy atom. The van der Waals surface area contributed by atoms with Crippen molar-refractivity contribution in [3.05, 3.63) is 29.8 Å². The van der Waals surface area contributed by atoms with E-state index in [-0.39, 0.29) is 17.9 Å². The summed E-state index contributed by atoms with van der Waals surface area (Å²) in [6.07, 6.45) is 3.64. The number of para-hydroxylation sites is 1. The van der Waals surface area contributed by atoms with Gasteiger partial charge in [-0.25, -0.2) is 0 Å². The first-order valence-electron chi connectivity index (χ1n) is 10.8. The summed E-state index contributed by atoms with van der Waals surface area (Å²) in [5.41, 5.74) is 2.31. The Morgan fingerprint density at radius 3 is 2.79 bits per heavy atom. The summed E-state index contributed by atoms with van der Waals surface area (Å²) in [6.45, 7) is 7.62. The number of benzene rings is 1. The fourth-order valence-corrected chi connectivity index (χ4v) is 3.99. The highest BCUT2D eigenvalue weighted by Crippen LogP contribution is 2.28. The quantitative estimate of drug-likeness (QED) is 0.417. The number of guanidine groups is 1. The van der Waals surface area contributed by atoms with Crippen LogP contribution >= 0.6 is 0 Å². The van der Waals surface area contributed by atoms with Crippen LogP contribution in [-0.4, -0.2) is 61.4 Å². The van der Waals surface area contributed by atoms with E-state index in [1.54, 1.807) is 0 Å². The summed E-state index contributed by atoms with van der Waals surface area (Å²) < 4.78 is 0. The van der Waals surface area contributed by atoms with Crippen LogP contribution in [0.15, 0.2) is 29.3 Å². The van der Waals surface area contributed by atoms with Gasteiger partial charge in [-0.2, -0.15) is 0 Å². The third kappa shape index (κ3) is 5.49. The van der Waals surface area contributed by atoms with Crippen LogP contribution in [0.5, 0.6) is 0 Å². The molecular formula is C22H33N5O2. The van der Waals surface area contributed by atoms with Crippen LogP contribution < -0.4 is 15.5 Å². The Morgan fingerprint density at radius 1 is 1.17 bits per heavy atom. The number of carbonyl (C=O) groups excluding carboxylic acids is 2. The average Bonchev–Trinajstić information content (AvgIpc) is 3.37. The maximum Gasteiger partial charge on any atom is 0.227 e. The summed E-state index contributed by atoms with van der Waals surface area (Å²) in [7, 11) is 0. The predicted molar refractivity (Wildman–Crippen MR) is 116 cm³/mol. The first kappa shape index (κ1) is 21.1. The number of nitrogens with zero attached hydrogens (tertiary/aromatic N) is 3. The highest BCUT2D eigenvalue weighted by atomic mass is 16.2. The van der Waals surface area contributed by atoms with Gasteiger partial charge in [0.1, 0.15) is 0 Å². The number of rotatable bonds is 7. The van der Waals surface area contributed by atoms with Crippen LogP contribution in [-0.2, 0) is 16.0 Å². The standard InChI is InChI=1S/C22H33N5O2/c1-3-20(28)26-14-12-18(16-26)25-22(23-4-2)24-13-7-10-21(29)27-15-11-17-8-5-6-9-19(17)27/h5-6,8-9,18H,3-4,7,10-16H2,1-2H3,(H2,23,24,25). The van der Waals surface area contributed by atoms with Crippen LogP contribution in [0, 0.1) is 0 Å². The number of hydrogen-bond donors (Lipinski definition) is 2. The maximum atomic E-state index is 12.6. The third-order valence-electron chi connectivity index (χ3n) is 5.54. The molecule has 2 aliphatic rings. The molecule has 0 aliphatic carbocycles. The van der Waals surface area contributed by atoms with E-state index < -0.39 is 0 Å². The molecule has 1 saturated heterocycles. The molecule has 3 rings (SSSR count). The van der Waals surface area contributed by atoms with Crippen molar-refractivity contribution >= 4 is 23.5 Å². The zero-order valence-corrected chi connectivity index (χ0v) is 17.6. The Bertz CT molecular complexity index is 748. The van der Waals surface area contributed by atoms with Crippen LogP contribution in [0.4, 0.5) is 5.69 Å². The number of aliphatic imine (C=N–C) groups is 1. The van der Waals surface area contributed by atoms with Crippen molar-refractivity contribution < 1.29 is 9.59 Å². The van der Waals surface area contributed by atoms with Crippen LogP contribution in [0.2, 0.25) is 0 Å². The topological polar surface area (TPSA) is 77.0 Å². The molecular weight excluding hydrogens is 366 g/mol. The van der Waals surface area contributed by atoms with Gasteiger partial charge in [-0.1, -0.05) is 25.1 Å². The molecule has 7 heteroatoms. The summed E-state index contributed by atoms with van der Waals surface area (Å²) in [5.74, 6) is 1.15. The summed E-state index contributed by atoms with van der Waals surface area (Å²) in [4.78, 5) is 32.9. The molecule has 29 heavy (non-hydrogen) atoms. The molecule has 0 aromatic heterocycles. The summed E-state index contributed by atoms with van der Waals surface area (Å²) >= 11 is 0. The van der Waals surface area contributed by atoms with Gasteiger partial charge < -0.3 is 20.4 Å². The zero-order valence-electron chi connectivity index (χ0n) is 17.6. The zero-order chi connectivity index (χ0) is 20.6. The van der Waals surface area contributed by atoms with Gasteiger partial charge in [0, 0.05) is 57.3 Å². The van der Waals surface area contributed by atoms with Crippen molar-refractivity contribution in [2.45, 2.75) is 52.0 Å². The fourth-order valence-electron chi connectivity index (χ4n) is 3.99. The number of carbonyl (C=O) groups is 2. The van der Waals surface area contributed by atoms with Crippen LogP contribution in [0.3, 0.4) is 0 Å². The highest BCUT2D eigenvalue weighted by molar-refractivity contribution is 5.95. The minimum absolute atomic E-state index is 0.174. The van der Waals surface area contributed by atoms with Gasteiger partial charge in [0.25, 0.3) is 0 Å². The van der Waals surface area contributed by atoms with Crippen molar-refractivity contribution in [3.63, 3.8) is 0 Å². The van der Waals surface area contributed by atoms with E-state index in [0.717, 1.165) is 57.1 Å². The Hall–Kier alpha value is -2.57. The molecule has 0 radical (unpaired) electrons. The molecule has 1 fully saturated rings. The summed E-state index contributed by atoms with van der Waals surface area (Å²) in [6, 6.07) is 8.37. The monoisotopic (exact) mass is 399 g/mol. The molecule has 2 heterocycles. The van der Waals surface area contributed by atoms with Crippen molar-refractivity contribution in [2.24, 2.45) is 4.99 Å². The smallest absolute Gasteiger partial charge is 0.227 e. The molecule has 158 valence electrons. The van der Waals surface area contributed by atoms with Gasteiger partial charge in [0.2, 0.25) is 11.8 Å². The van der Waals surface area contributed by atoms with E-state index in [1.165, 1.54) is 5.56 Å². The predicted octanol–water partition coefficient (Wildman–Crippen LogP) is 1.92. The molecule has 2 amide bonds. The van der Waals surface area contributed by atoms with Gasteiger partial charge in [0.15, 0.2) is 5.96 Å². The van der Waals surface area contributed by atoms with Gasteiger partial charge in [-0.05, 0) is 37.8 Å². The van der Waals surface area contributed by atoms with E-state index in [4.69, 9.17) is 0 Å². The van der Waals surface area contributed by atoms with Gasteiger partial charge in [-0.3, -0.25) is 14.6 Å². The molecule has 1 atom stereocenters. The second-order valence-corrected chi connectivity index (χ2v) is 7.61. The SMILES string of the molecule is CCNC(=NCCCC(=O)N1CCc2ccccc21)NC1CCN(C(=O)CC)C1. The molecule has 2 aliphatic heterocycles. The lowest BCUT2D eigenvalue weighted by atomic mass is 10.2. The fraction of sp³-hybridized carbons (Fsp3) is 0.591. The molecule has 7 nitrogen and oxygen atoms in total. The lowest BCUT2D eigenvalue weighted by Gasteiger charge is -2.19. The number of anilines is 1. The lowest BCUT2D eigenvalue weighted by Crippen LogP contribution is -2.45. The van der Waals surface area contributed by atoms with Crippen LogP contribution in [0.1, 0.15) is 45.1 Å². The van der Waals surface area contributed by atoms with E-state index in [9.17, 15) is 9.59 Å². The Labute approximate surface area is 173 Å². The molecule has 0 saturated carbocycles. The minimum atomic E-state index is 0.174. The van der Waals surface area contributed by atoms with Crippen molar-refractivity contribution in [2.75, 3.05) is 37.6 Å².